The lowest BCUT2D eigenvalue weighted by molar-refractivity contribution is -0.119. The first kappa shape index (κ1) is 19.2. The molecule has 4 rings (SSSR count). The monoisotopic (exact) mass is 398 g/mol. The average Bonchev–Trinajstić information content (AvgIpc) is 3.33. The van der Waals surface area contributed by atoms with Gasteiger partial charge in [0.25, 0.3) is 0 Å². The highest BCUT2D eigenvalue weighted by atomic mass is 19.1. The number of allylic oxidation sites excluding steroid dienone is 1. The average molecular weight is 398 g/mol. The zero-order valence-corrected chi connectivity index (χ0v) is 16.2. The Hall–Kier alpha value is -3.08. The molecule has 1 aliphatic carbocycles. The van der Waals surface area contributed by atoms with E-state index >= 15 is 0 Å². The van der Waals surface area contributed by atoms with Crippen LogP contribution in [0.1, 0.15) is 19.8 Å². The van der Waals surface area contributed by atoms with E-state index in [-0.39, 0.29) is 24.8 Å². The van der Waals surface area contributed by atoms with Crippen LogP contribution in [-0.4, -0.2) is 44.3 Å². The van der Waals surface area contributed by atoms with Crippen LogP contribution in [0.25, 0.3) is 0 Å². The van der Waals surface area contributed by atoms with Gasteiger partial charge < -0.3 is 15.0 Å². The number of carbonyl (C=O) groups excluding carboxylic acids is 2. The number of benzene rings is 1. The summed E-state index contributed by atoms with van der Waals surface area (Å²) in [6.45, 7) is 3.39. The third-order valence-electron chi connectivity index (χ3n) is 5.81. The van der Waals surface area contributed by atoms with Crippen molar-refractivity contribution in [2.75, 3.05) is 36.0 Å². The summed E-state index contributed by atoms with van der Waals surface area (Å²) in [5.41, 5.74) is 2.16. The minimum Gasteiger partial charge on any atom is -0.442 e. The zero-order chi connectivity index (χ0) is 20.5. The maximum Gasteiger partial charge on any atom is 0.414 e. The summed E-state index contributed by atoms with van der Waals surface area (Å²) in [6.07, 6.45) is 2.56. The van der Waals surface area contributed by atoms with E-state index in [1.54, 1.807) is 12.1 Å². The highest BCUT2D eigenvalue weighted by Crippen LogP contribution is 2.40. The van der Waals surface area contributed by atoms with Gasteiger partial charge in [0.05, 0.1) is 37.0 Å². The molecule has 2 fully saturated rings. The van der Waals surface area contributed by atoms with Gasteiger partial charge in [-0.2, -0.15) is 5.26 Å². The molecule has 3 atom stereocenters. The Morgan fingerprint density at radius 3 is 2.90 bits per heavy atom. The lowest BCUT2D eigenvalue weighted by Gasteiger charge is -2.22. The van der Waals surface area contributed by atoms with Crippen LogP contribution in [0.4, 0.5) is 20.6 Å². The van der Waals surface area contributed by atoms with Crippen LogP contribution in [0.2, 0.25) is 0 Å². The summed E-state index contributed by atoms with van der Waals surface area (Å²) in [4.78, 5) is 26.6. The van der Waals surface area contributed by atoms with E-state index in [1.165, 1.54) is 23.5 Å². The van der Waals surface area contributed by atoms with Crippen molar-refractivity contribution in [3.05, 3.63) is 35.7 Å². The number of halogens is 1. The van der Waals surface area contributed by atoms with Crippen molar-refractivity contribution >= 4 is 23.4 Å². The number of cyclic esters (lactones) is 1. The molecular weight excluding hydrogens is 375 g/mol. The van der Waals surface area contributed by atoms with Crippen LogP contribution in [-0.2, 0) is 9.53 Å². The van der Waals surface area contributed by atoms with Gasteiger partial charge in [-0.25, -0.2) is 9.18 Å². The van der Waals surface area contributed by atoms with Crippen molar-refractivity contribution in [1.82, 2.24) is 5.32 Å². The van der Waals surface area contributed by atoms with Crippen LogP contribution >= 0.6 is 0 Å². The summed E-state index contributed by atoms with van der Waals surface area (Å²) in [5, 5.41) is 11.5. The predicted octanol–water partition coefficient (Wildman–Crippen LogP) is 2.58. The summed E-state index contributed by atoms with van der Waals surface area (Å²) < 4.78 is 20.1. The number of fused-ring (bicyclic) bond motifs is 1. The lowest BCUT2D eigenvalue weighted by atomic mass is 9.99. The number of nitrogens with one attached hydrogen (secondary N) is 1. The maximum absolute atomic E-state index is 14.9. The number of rotatable bonds is 5. The molecule has 1 aromatic carbocycles. The highest BCUT2D eigenvalue weighted by Gasteiger charge is 2.37. The molecule has 2 heterocycles. The summed E-state index contributed by atoms with van der Waals surface area (Å²) >= 11 is 0. The first-order valence-corrected chi connectivity index (χ1v) is 9.78. The smallest absolute Gasteiger partial charge is 0.414 e. The molecule has 0 spiro atoms. The van der Waals surface area contributed by atoms with Gasteiger partial charge in [0, 0.05) is 20.0 Å². The fraction of sp³-hybridized carbons (Fsp3) is 0.476. The number of nitrogens with zero attached hydrogens (tertiary/aromatic N) is 3. The van der Waals surface area contributed by atoms with Gasteiger partial charge in [-0.3, -0.25) is 9.69 Å². The van der Waals surface area contributed by atoms with Gasteiger partial charge in [0.2, 0.25) is 5.91 Å². The number of ether oxygens (including phenoxy) is 1. The van der Waals surface area contributed by atoms with Crippen molar-refractivity contribution in [2.45, 2.75) is 25.9 Å². The SMILES string of the molecule is CC(=O)NC[C@H]1CN(c2ccc(N3CC4C=C(CC#N)CC4C3)c(F)c2)C(=O)O1. The maximum atomic E-state index is 14.9. The molecule has 1 aromatic rings. The number of carbonyl (C=O) groups is 2. The van der Waals surface area contributed by atoms with E-state index in [0.29, 0.717) is 29.6 Å². The first-order chi connectivity index (χ1) is 13.9. The molecule has 0 aromatic heterocycles. The molecule has 29 heavy (non-hydrogen) atoms. The third-order valence-corrected chi connectivity index (χ3v) is 5.81. The molecule has 2 saturated heterocycles. The van der Waals surface area contributed by atoms with Crippen molar-refractivity contribution in [3.8, 4) is 6.07 Å². The number of nitriles is 1. The number of hydrogen-bond donors (Lipinski definition) is 1. The molecule has 0 radical (unpaired) electrons. The number of hydrogen-bond acceptors (Lipinski definition) is 5. The van der Waals surface area contributed by atoms with Gasteiger partial charge in [0.15, 0.2) is 0 Å². The van der Waals surface area contributed by atoms with Gasteiger partial charge in [-0.15, -0.1) is 0 Å². The lowest BCUT2D eigenvalue weighted by Crippen LogP contribution is -2.33. The van der Waals surface area contributed by atoms with Gasteiger partial charge in [0.1, 0.15) is 11.9 Å². The Labute approximate surface area is 168 Å². The minimum absolute atomic E-state index is 0.195. The minimum atomic E-state index is -0.543. The van der Waals surface area contributed by atoms with Crippen molar-refractivity contribution in [2.24, 2.45) is 11.8 Å². The van der Waals surface area contributed by atoms with E-state index in [9.17, 15) is 14.0 Å². The second-order valence-corrected chi connectivity index (χ2v) is 7.88. The van der Waals surface area contributed by atoms with Gasteiger partial charge >= 0.3 is 6.09 Å². The largest absolute Gasteiger partial charge is 0.442 e. The summed E-state index contributed by atoms with van der Waals surface area (Å²) in [6, 6.07) is 7.00. The quantitative estimate of drug-likeness (QED) is 0.771. The molecule has 152 valence electrons. The molecule has 2 aliphatic heterocycles. The van der Waals surface area contributed by atoms with Crippen molar-refractivity contribution in [1.29, 1.82) is 5.26 Å². The molecule has 7 nitrogen and oxygen atoms in total. The van der Waals surface area contributed by atoms with Crippen molar-refractivity contribution in [3.63, 3.8) is 0 Å². The first-order valence-electron chi connectivity index (χ1n) is 9.78. The fourth-order valence-corrected chi connectivity index (χ4v) is 4.45. The Balaban J connectivity index is 1.42. The molecule has 0 saturated carbocycles. The predicted molar refractivity (Wildman–Crippen MR) is 105 cm³/mol. The van der Waals surface area contributed by atoms with Gasteiger partial charge in [-0.05, 0) is 36.5 Å². The molecule has 8 heteroatoms. The Morgan fingerprint density at radius 2 is 2.21 bits per heavy atom. The third kappa shape index (κ3) is 3.90. The normalized spacial score (nSPS) is 25.5. The highest BCUT2D eigenvalue weighted by molar-refractivity contribution is 5.90. The van der Waals surface area contributed by atoms with E-state index in [2.05, 4.69) is 17.5 Å². The Bertz CT molecular complexity index is 910. The van der Waals surface area contributed by atoms with Crippen LogP contribution in [0.3, 0.4) is 0 Å². The van der Waals surface area contributed by atoms with Crippen LogP contribution in [0.15, 0.2) is 29.8 Å². The molecule has 1 N–H and O–H groups in total. The van der Waals surface area contributed by atoms with E-state index in [1.807, 2.05) is 4.90 Å². The fourth-order valence-electron chi connectivity index (χ4n) is 4.45. The van der Waals surface area contributed by atoms with Gasteiger partial charge in [-0.1, -0.05) is 11.6 Å². The van der Waals surface area contributed by atoms with E-state index in [0.717, 1.165) is 19.5 Å². The molecule has 0 bridgehead atoms. The Morgan fingerprint density at radius 1 is 1.38 bits per heavy atom. The number of amides is 2. The van der Waals surface area contributed by atoms with Crippen molar-refractivity contribution < 1.29 is 18.7 Å². The molecule has 2 unspecified atom stereocenters. The summed E-state index contributed by atoms with van der Waals surface area (Å²) in [5.74, 6) is 0.225. The standard InChI is InChI=1S/C21H23FN4O3/c1-13(27)24-9-18-12-26(21(28)29-18)17-2-3-20(19(22)8-17)25-10-15-6-14(4-5-23)7-16(15)11-25/h2-3,6,8,15-16,18H,4,7,9-12H2,1H3,(H,24,27)/t15?,16?,18-/m0/s1. The van der Waals surface area contributed by atoms with Crippen LogP contribution < -0.4 is 15.1 Å². The van der Waals surface area contributed by atoms with E-state index < -0.39 is 12.2 Å². The topological polar surface area (TPSA) is 85.7 Å². The zero-order valence-electron chi connectivity index (χ0n) is 16.2. The summed E-state index contributed by atoms with van der Waals surface area (Å²) in [7, 11) is 0. The second-order valence-electron chi connectivity index (χ2n) is 7.88. The Kier molecular flexibility index (Phi) is 5.14. The van der Waals surface area contributed by atoms with E-state index in [4.69, 9.17) is 10.00 Å². The van der Waals surface area contributed by atoms with Crippen LogP contribution in [0, 0.1) is 29.0 Å². The molecular formula is C21H23FN4O3. The number of anilines is 2. The molecule has 2 amide bonds. The molecule has 3 aliphatic rings. The second kappa shape index (κ2) is 7.74. The van der Waals surface area contributed by atoms with Crippen LogP contribution in [0.5, 0.6) is 0 Å².